The van der Waals surface area contributed by atoms with E-state index in [1.54, 1.807) is 4.90 Å². The standard InChI is InChI=1S/C50H53N7O7/c1-62-49(60)54-44(33-8-4-3-5-9-33)48(59)57-23-7-11-43(57)46-52-30-41(53-46)38-19-18-36-26-35(16-17-37(36)27-38)31-12-14-32(15-13-31)39-28-40(51-29-39)42-10-6-22-56(42)47(58)45(55-50(61)63-2)34-20-24-64-25-21-34/h3-5,8-9,12-19,26-27,29-30,34,42-45H,6-7,10-11,20-25,28H2,1-2H3,(H,52,53)(H,54,60)(H,55,61)/t42-,43-,44+,45-/m0/s1. The molecule has 4 aliphatic heterocycles. The van der Waals surface area contributed by atoms with Gasteiger partial charge in [0, 0.05) is 50.2 Å². The number of carbonyl (C=O) groups is 4. The lowest BCUT2D eigenvalue weighted by molar-refractivity contribution is -0.135. The first-order chi connectivity index (χ1) is 31.3. The van der Waals surface area contributed by atoms with Crippen LogP contribution in [0.25, 0.3) is 38.7 Å². The largest absolute Gasteiger partial charge is 0.453 e. The first-order valence-electron chi connectivity index (χ1n) is 22.2. The van der Waals surface area contributed by atoms with E-state index in [0.29, 0.717) is 57.0 Å². The number of benzene rings is 4. The van der Waals surface area contributed by atoms with Crippen LogP contribution in [0, 0.1) is 5.92 Å². The molecule has 5 aromatic rings. The number of likely N-dealkylation sites (tertiary alicyclic amines) is 2. The molecule has 4 aliphatic rings. The van der Waals surface area contributed by atoms with Crippen molar-refractivity contribution in [1.82, 2.24) is 30.4 Å². The quantitative estimate of drug-likeness (QED) is 0.120. The topological polar surface area (TPSA) is 168 Å². The van der Waals surface area contributed by atoms with Crippen molar-refractivity contribution in [2.75, 3.05) is 40.5 Å². The number of amides is 4. The number of hydrogen-bond acceptors (Lipinski definition) is 9. The Morgan fingerprint density at radius 3 is 2.06 bits per heavy atom. The summed E-state index contributed by atoms with van der Waals surface area (Å²) in [6, 6.07) is 28.7. The third kappa shape index (κ3) is 8.87. The molecule has 330 valence electrons. The van der Waals surface area contributed by atoms with Crippen molar-refractivity contribution in [3.05, 3.63) is 120 Å². The van der Waals surface area contributed by atoms with Gasteiger partial charge >= 0.3 is 12.2 Å². The van der Waals surface area contributed by atoms with Crippen LogP contribution in [0.15, 0.2) is 108 Å². The number of nitrogens with zero attached hydrogens (tertiary/aromatic N) is 4. The van der Waals surface area contributed by atoms with Crippen molar-refractivity contribution in [2.24, 2.45) is 10.9 Å². The smallest absolute Gasteiger partial charge is 0.407 e. The first kappa shape index (κ1) is 42.5. The van der Waals surface area contributed by atoms with E-state index >= 15 is 0 Å². The summed E-state index contributed by atoms with van der Waals surface area (Å²) in [5.74, 6) is 0.417. The Kier molecular flexibility index (Phi) is 12.5. The van der Waals surface area contributed by atoms with Gasteiger partial charge in [-0.2, -0.15) is 0 Å². The second-order valence-electron chi connectivity index (χ2n) is 16.9. The molecule has 14 heteroatoms. The van der Waals surface area contributed by atoms with Gasteiger partial charge in [-0.05, 0) is 95.2 Å². The first-order valence-corrected chi connectivity index (χ1v) is 22.2. The number of nitrogens with one attached hydrogen (secondary N) is 3. The lowest BCUT2D eigenvalue weighted by Gasteiger charge is -2.34. The molecule has 4 atom stereocenters. The lowest BCUT2D eigenvalue weighted by Crippen LogP contribution is -2.55. The summed E-state index contributed by atoms with van der Waals surface area (Å²) in [7, 11) is 2.60. The zero-order valence-corrected chi connectivity index (χ0v) is 36.1. The van der Waals surface area contributed by atoms with Crippen LogP contribution in [0.2, 0.25) is 0 Å². The highest BCUT2D eigenvalue weighted by Gasteiger charge is 2.41. The van der Waals surface area contributed by atoms with Crippen molar-refractivity contribution < 1.29 is 33.4 Å². The highest BCUT2D eigenvalue weighted by molar-refractivity contribution is 6.04. The van der Waals surface area contributed by atoms with Crippen LogP contribution in [0.1, 0.15) is 74.0 Å². The maximum absolute atomic E-state index is 14.0. The van der Waals surface area contributed by atoms with Gasteiger partial charge in [-0.15, -0.1) is 0 Å². The Morgan fingerprint density at radius 2 is 1.34 bits per heavy atom. The molecule has 0 spiro atoms. The lowest BCUT2D eigenvalue weighted by atomic mass is 9.90. The van der Waals surface area contributed by atoms with Crippen molar-refractivity contribution in [1.29, 1.82) is 0 Å². The minimum atomic E-state index is -0.880. The Bertz CT molecular complexity index is 2580. The van der Waals surface area contributed by atoms with Gasteiger partial charge in [0.25, 0.3) is 5.91 Å². The van der Waals surface area contributed by atoms with Crippen LogP contribution < -0.4 is 10.6 Å². The van der Waals surface area contributed by atoms with E-state index in [-0.39, 0.29) is 29.8 Å². The summed E-state index contributed by atoms with van der Waals surface area (Å²) in [5.41, 5.74) is 7.92. The van der Waals surface area contributed by atoms with Crippen LogP contribution in [0.4, 0.5) is 9.59 Å². The molecular formula is C50H53N7O7. The van der Waals surface area contributed by atoms with Gasteiger partial charge in [-0.1, -0.05) is 78.9 Å². The Hall–Kier alpha value is -6.80. The van der Waals surface area contributed by atoms with Crippen molar-refractivity contribution >= 4 is 46.1 Å². The average molecular weight is 864 g/mol. The number of methoxy groups -OCH3 is 2. The Balaban J connectivity index is 0.844. The van der Waals surface area contributed by atoms with E-state index in [1.165, 1.54) is 14.2 Å². The number of imidazole rings is 1. The number of carbonyl (C=O) groups excluding carboxylic acids is 4. The highest BCUT2D eigenvalue weighted by Crippen LogP contribution is 2.36. The van der Waals surface area contributed by atoms with E-state index in [2.05, 4.69) is 76.3 Å². The van der Waals surface area contributed by atoms with Crippen molar-refractivity contribution in [3.63, 3.8) is 0 Å². The summed E-state index contributed by atoms with van der Waals surface area (Å²) < 4.78 is 15.3. The zero-order valence-electron chi connectivity index (χ0n) is 36.1. The SMILES string of the molecule is COC(=O)N[C@H](C(=O)N1CCC[C@H]1C1=NC=C(c2ccc(-c3ccc4cc(-c5cnc([C@@H]6CCCN6C(=O)[C@H](NC(=O)OC)c6ccccc6)[nH]5)ccc4c3)cc2)C1)C1CCOCC1. The summed E-state index contributed by atoms with van der Waals surface area (Å²) in [6.07, 6.45) is 7.86. The number of alkyl carbamates (subject to hydrolysis) is 2. The van der Waals surface area contributed by atoms with Crippen LogP contribution in [-0.2, 0) is 23.8 Å². The molecule has 0 radical (unpaired) electrons. The van der Waals surface area contributed by atoms with Gasteiger partial charge in [0.05, 0.1) is 38.2 Å². The average Bonchev–Trinajstić information content (AvgIpc) is 4.20. The summed E-state index contributed by atoms with van der Waals surface area (Å²) in [4.78, 5) is 69.3. The molecule has 9 rings (SSSR count). The minimum absolute atomic E-state index is 0.00904. The van der Waals surface area contributed by atoms with E-state index in [0.717, 1.165) is 75.7 Å². The predicted molar refractivity (Wildman–Crippen MR) is 243 cm³/mol. The van der Waals surface area contributed by atoms with Gasteiger partial charge in [0.2, 0.25) is 5.91 Å². The van der Waals surface area contributed by atoms with Crippen molar-refractivity contribution in [2.45, 2.75) is 69.1 Å². The van der Waals surface area contributed by atoms with Gasteiger partial charge in [-0.25, -0.2) is 14.6 Å². The van der Waals surface area contributed by atoms with Crippen LogP contribution in [0.3, 0.4) is 0 Å². The second-order valence-corrected chi connectivity index (χ2v) is 16.9. The second kappa shape index (κ2) is 18.9. The molecule has 4 aromatic carbocycles. The molecular weight excluding hydrogens is 811 g/mol. The van der Waals surface area contributed by atoms with Gasteiger partial charge < -0.3 is 39.6 Å². The number of H-pyrrole nitrogens is 1. The molecule has 0 aliphatic carbocycles. The predicted octanol–water partition coefficient (Wildman–Crippen LogP) is 7.99. The molecule has 5 heterocycles. The van der Waals surface area contributed by atoms with E-state index in [9.17, 15) is 19.2 Å². The third-order valence-electron chi connectivity index (χ3n) is 13.2. The summed E-state index contributed by atoms with van der Waals surface area (Å²) >= 11 is 0. The number of rotatable bonds is 11. The number of aromatic amines is 1. The number of allylic oxidation sites excluding steroid dienone is 1. The van der Waals surface area contributed by atoms with Gasteiger partial charge in [0.15, 0.2) is 0 Å². The maximum atomic E-state index is 14.0. The molecule has 4 amide bonds. The van der Waals surface area contributed by atoms with Gasteiger partial charge in [-0.3, -0.25) is 14.6 Å². The number of hydrogen-bond donors (Lipinski definition) is 3. The van der Waals surface area contributed by atoms with Gasteiger partial charge in [0.1, 0.15) is 17.9 Å². The monoisotopic (exact) mass is 863 g/mol. The molecule has 3 saturated heterocycles. The molecule has 3 N–H and O–H groups in total. The number of ether oxygens (including phenoxy) is 3. The normalized spacial score (nSPS) is 19.8. The van der Waals surface area contributed by atoms with Crippen LogP contribution in [-0.4, -0.2) is 102 Å². The molecule has 3 fully saturated rings. The molecule has 0 saturated carbocycles. The van der Waals surface area contributed by atoms with E-state index in [1.807, 2.05) is 47.6 Å². The molecule has 14 nitrogen and oxygen atoms in total. The third-order valence-corrected chi connectivity index (χ3v) is 13.2. The Labute approximate surface area is 372 Å². The molecule has 1 aromatic heterocycles. The molecule has 64 heavy (non-hydrogen) atoms. The minimum Gasteiger partial charge on any atom is -0.453 e. The fourth-order valence-corrected chi connectivity index (χ4v) is 9.71. The fourth-order valence-electron chi connectivity index (χ4n) is 9.71. The van der Waals surface area contributed by atoms with Crippen LogP contribution >= 0.6 is 0 Å². The highest BCUT2D eigenvalue weighted by atomic mass is 16.5. The zero-order chi connectivity index (χ0) is 44.2. The van der Waals surface area contributed by atoms with Crippen LogP contribution in [0.5, 0.6) is 0 Å². The van der Waals surface area contributed by atoms with Crippen molar-refractivity contribution in [3.8, 4) is 22.4 Å². The number of aliphatic imine (C=N–C) groups is 1. The number of fused-ring (bicyclic) bond motifs is 1. The summed E-state index contributed by atoms with van der Waals surface area (Å²) in [5, 5.41) is 7.76. The maximum Gasteiger partial charge on any atom is 0.407 e. The Morgan fingerprint density at radius 1 is 0.719 bits per heavy atom. The van der Waals surface area contributed by atoms with E-state index < -0.39 is 24.3 Å². The summed E-state index contributed by atoms with van der Waals surface area (Å²) in [6.45, 7) is 2.33. The van der Waals surface area contributed by atoms with E-state index in [4.69, 9.17) is 24.2 Å². The number of aromatic nitrogens is 2. The molecule has 0 unspecified atom stereocenters. The molecule has 0 bridgehead atoms. The fraction of sp³-hybridized carbons (Fsp3) is 0.360.